The van der Waals surface area contributed by atoms with Gasteiger partial charge in [0.2, 0.25) is 0 Å². The summed E-state index contributed by atoms with van der Waals surface area (Å²) in [6.45, 7) is 1.86. The molecule has 9 heteroatoms. The molecule has 102 valence electrons. The molecule has 0 fully saturated rings. The summed E-state index contributed by atoms with van der Waals surface area (Å²) in [5.74, 6) is -0.827. The minimum Gasteiger partial charge on any atom is -0.494 e. The van der Waals surface area contributed by atoms with Crippen molar-refractivity contribution in [3.63, 3.8) is 0 Å². The van der Waals surface area contributed by atoms with Crippen LogP contribution in [0.4, 0.5) is 13.2 Å². The zero-order valence-electron chi connectivity index (χ0n) is 8.99. The maximum absolute atomic E-state index is 12.1. The molecule has 0 saturated heterocycles. The third kappa shape index (κ3) is 4.26. The Kier molecular flexibility index (Phi) is 4.33. The van der Waals surface area contributed by atoms with Crippen LogP contribution in [0.2, 0.25) is 0 Å². The Bertz CT molecular complexity index is 527. The van der Waals surface area contributed by atoms with E-state index in [1.54, 1.807) is 6.92 Å². The van der Waals surface area contributed by atoms with Crippen molar-refractivity contribution < 1.29 is 31.1 Å². The van der Waals surface area contributed by atoms with E-state index in [1.807, 2.05) is 0 Å². The van der Waals surface area contributed by atoms with Gasteiger partial charge in [-0.25, -0.2) is 8.42 Å². The molecule has 0 heterocycles. The quantitative estimate of drug-likeness (QED) is 0.803. The van der Waals surface area contributed by atoms with Crippen LogP contribution in [-0.4, -0.2) is 21.4 Å². The number of hydrogen-bond acceptors (Lipinski definition) is 4. The van der Waals surface area contributed by atoms with Crippen molar-refractivity contribution in [2.75, 3.05) is 6.61 Å². The summed E-state index contributed by atoms with van der Waals surface area (Å²) in [6.07, 6.45) is -5.01. The minimum atomic E-state index is -5.01. The van der Waals surface area contributed by atoms with Gasteiger partial charge in [0.15, 0.2) is 0 Å². The maximum atomic E-state index is 12.1. The third-order valence-electron chi connectivity index (χ3n) is 1.71. The zero-order chi connectivity index (χ0) is 14.0. The Morgan fingerprint density at radius 2 is 1.94 bits per heavy atom. The van der Waals surface area contributed by atoms with Crippen molar-refractivity contribution in [3.8, 4) is 11.5 Å². The molecule has 1 aromatic carbocycles. The van der Waals surface area contributed by atoms with Crippen molar-refractivity contribution in [2.24, 2.45) is 0 Å². The minimum absolute atomic E-state index is 0.0752. The molecule has 0 aliphatic rings. The van der Waals surface area contributed by atoms with Crippen LogP contribution in [0, 0.1) is 0 Å². The molecule has 0 saturated carbocycles. The molecule has 0 unspecified atom stereocenters. The molecule has 1 rings (SSSR count). The summed E-state index contributed by atoms with van der Waals surface area (Å²) in [5, 5.41) is 0. The molecule has 18 heavy (non-hydrogen) atoms. The van der Waals surface area contributed by atoms with E-state index in [0.717, 1.165) is 18.2 Å². The first-order valence-electron chi connectivity index (χ1n) is 4.60. The lowest BCUT2D eigenvalue weighted by molar-refractivity contribution is -0.275. The monoisotopic (exact) mass is 304 g/mol. The first kappa shape index (κ1) is 14.9. The normalized spacial score (nSPS) is 12.3. The number of alkyl halides is 3. The first-order valence-corrected chi connectivity index (χ1v) is 6.91. The lowest BCUT2D eigenvalue weighted by Crippen LogP contribution is -2.18. The summed E-state index contributed by atoms with van der Waals surface area (Å²) >= 11 is 0. The van der Waals surface area contributed by atoms with E-state index in [9.17, 15) is 21.6 Å². The predicted octanol–water partition coefficient (Wildman–Crippen LogP) is 2.91. The highest BCUT2D eigenvalue weighted by molar-refractivity contribution is 8.13. The highest BCUT2D eigenvalue weighted by Crippen LogP contribution is 2.34. The summed E-state index contributed by atoms with van der Waals surface area (Å²) < 4.78 is 67.1. The SMILES string of the molecule is CCOc1ccc(OC(F)(F)F)c(S(=O)(=O)Cl)c1. The lowest BCUT2D eigenvalue weighted by Gasteiger charge is -2.12. The van der Waals surface area contributed by atoms with Crippen LogP contribution >= 0.6 is 10.7 Å². The number of ether oxygens (including phenoxy) is 2. The maximum Gasteiger partial charge on any atom is 0.573 e. The second-order valence-electron chi connectivity index (χ2n) is 3.03. The number of hydrogen-bond donors (Lipinski definition) is 0. The van der Waals surface area contributed by atoms with E-state index >= 15 is 0 Å². The highest BCUT2D eigenvalue weighted by atomic mass is 35.7. The van der Waals surface area contributed by atoms with E-state index in [0.29, 0.717) is 0 Å². The van der Waals surface area contributed by atoms with E-state index in [1.165, 1.54) is 0 Å². The molecular formula is C9H8ClF3O4S. The Labute approximate surface area is 106 Å². The van der Waals surface area contributed by atoms with Crippen LogP contribution in [0.25, 0.3) is 0 Å². The van der Waals surface area contributed by atoms with Crippen molar-refractivity contribution in [3.05, 3.63) is 18.2 Å². The number of halogens is 4. The lowest BCUT2D eigenvalue weighted by atomic mass is 10.3. The standard InChI is InChI=1S/C9H8ClF3O4S/c1-2-16-6-3-4-7(17-9(11,12)13)8(5-6)18(10,14)15/h3-5H,2H2,1H3. The molecule has 0 aliphatic heterocycles. The van der Waals surface area contributed by atoms with Crippen molar-refractivity contribution >= 4 is 19.7 Å². The highest BCUT2D eigenvalue weighted by Gasteiger charge is 2.34. The Morgan fingerprint density at radius 1 is 1.33 bits per heavy atom. The third-order valence-corrected chi connectivity index (χ3v) is 3.06. The fourth-order valence-electron chi connectivity index (χ4n) is 1.14. The van der Waals surface area contributed by atoms with Crippen LogP contribution in [0.1, 0.15) is 6.92 Å². The second-order valence-corrected chi connectivity index (χ2v) is 5.56. The second kappa shape index (κ2) is 5.23. The van der Waals surface area contributed by atoms with Gasteiger partial charge in [-0.05, 0) is 19.1 Å². The van der Waals surface area contributed by atoms with Crippen LogP contribution in [0.3, 0.4) is 0 Å². The van der Waals surface area contributed by atoms with Gasteiger partial charge in [-0.3, -0.25) is 0 Å². The van der Waals surface area contributed by atoms with Crippen molar-refractivity contribution in [1.29, 1.82) is 0 Å². The molecule has 4 nitrogen and oxygen atoms in total. The van der Waals surface area contributed by atoms with Crippen LogP contribution in [-0.2, 0) is 9.05 Å². The van der Waals surface area contributed by atoms with E-state index in [4.69, 9.17) is 15.4 Å². The smallest absolute Gasteiger partial charge is 0.494 e. The summed E-state index contributed by atoms with van der Waals surface area (Å²) in [5.41, 5.74) is 0. The van der Waals surface area contributed by atoms with E-state index in [-0.39, 0.29) is 12.4 Å². The van der Waals surface area contributed by atoms with Gasteiger partial charge in [0, 0.05) is 16.7 Å². The average molecular weight is 305 g/mol. The molecule has 0 aliphatic carbocycles. The molecule has 0 aromatic heterocycles. The Hall–Kier alpha value is -1.15. The first-order chi connectivity index (χ1) is 8.13. The topological polar surface area (TPSA) is 52.6 Å². The van der Waals surface area contributed by atoms with Gasteiger partial charge in [0.05, 0.1) is 6.61 Å². The fraction of sp³-hybridized carbons (Fsp3) is 0.333. The van der Waals surface area contributed by atoms with Crippen LogP contribution in [0.15, 0.2) is 23.1 Å². The number of benzene rings is 1. The predicted molar refractivity (Wildman–Crippen MR) is 57.3 cm³/mol. The molecule has 0 N–H and O–H groups in total. The van der Waals surface area contributed by atoms with Crippen LogP contribution in [0.5, 0.6) is 11.5 Å². The molecule has 0 amide bonds. The molecule has 0 atom stereocenters. The molecule has 1 aromatic rings. The van der Waals surface area contributed by atoms with Gasteiger partial charge >= 0.3 is 6.36 Å². The molecular weight excluding hydrogens is 297 g/mol. The van der Waals surface area contributed by atoms with Gasteiger partial charge in [-0.15, -0.1) is 13.2 Å². The summed E-state index contributed by atoms with van der Waals surface area (Å²) in [6, 6.07) is 2.84. The average Bonchev–Trinajstić information content (AvgIpc) is 2.17. The van der Waals surface area contributed by atoms with E-state index in [2.05, 4.69) is 4.74 Å². The molecule has 0 bridgehead atoms. The van der Waals surface area contributed by atoms with Gasteiger partial charge in [-0.1, -0.05) is 0 Å². The van der Waals surface area contributed by atoms with Gasteiger partial charge in [-0.2, -0.15) is 0 Å². The van der Waals surface area contributed by atoms with Crippen molar-refractivity contribution in [1.82, 2.24) is 0 Å². The van der Waals surface area contributed by atoms with Gasteiger partial charge in [0.25, 0.3) is 9.05 Å². The van der Waals surface area contributed by atoms with Crippen molar-refractivity contribution in [2.45, 2.75) is 18.2 Å². The molecule has 0 spiro atoms. The van der Waals surface area contributed by atoms with Gasteiger partial charge < -0.3 is 9.47 Å². The largest absolute Gasteiger partial charge is 0.573 e. The fourth-order valence-corrected chi connectivity index (χ4v) is 2.11. The Morgan fingerprint density at radius 3 is 2.39 bits per heavy atom. The van der Waals surface area contributed by atoms with Crippen LogP contribution < -0.4 is 9.47 Å². The van der Waals surface area contributed by atoms with Gasteiger partial charge in [0.1, 0.15) is 16.4 Å². The number of rotatable bonds is 4. The summed E-state index contributed by atoms with van der Waals surface area (Å²) in [7, 11) is 0.655. The summed E-state index contributed by atoms with van der Waals surface area (Å²) in [4.78, 5) is -0.799. The van der Waals surface area contributed by atoms with E-state index < -0.39 is 26.1 Å². The molecule has 0 radical (unpaired) electrons. The zero-order valence-corrected chi connectivity index (χ0v) is 10.6. The Balaban J connectivity index is 3.26.